The zero-order valence-electron chi connectivity index (χ0n) is 17.3. The number of nitrogens with zero attached hydrogens (tertiary/aromatic N) is 1. The summed E-state index contributed by atoms with van der Waals surface area (Å²) in [6.45, 7) is 3.77. The van der Waals surface area contributed by atoms with Crippen LogP contribution in [0.4, 0.5) is 10.9 Å². The van der Waals surface area contributed by atoms with Crippen LogP contribution in [0.3, 0.4) is 0 Å². The Morgan fingerprint density at radius 1 is 1.19 bits per heavy atom. The maximum absolute atomic E-state index is 12.9. The lowest BCUT2D eigenvalue weighted by atomic mass is 9.92. The Morgan fingerprint density at radius 2 is 1.77 bits per heavy atom. The molecule has 0 amide bonds. The van der Waals surface area contributed by atoms with Crippen molar-refractivity contribution < 1.29 is 13.2 Å². The Morgan fingerprint density at radius 3 is 2.35 bits per heavy atom. The molecule has 31 heavy (non-hydrogen) atoms. The van der Waals surface area contributed by atoms with Gasteiger partial charge in [0.05, 0.1) is 21.4 Å². The smallest absolute Gasteiger partial charge is 0.212 e. The van der Waals surface area contributed by atoms with Crippen LogP contribution in [0.15, 0.2) is 18.2 Å². The Labute approximate surface area is 196 Å². The lowest BCUT2D eigenvalue weighted by molar-refractivity contribution is 0.104. The van der Waals surface area contributed by atoms with Gasteiger partial charge in [-0.2, -0.15) is 0 Å². The van der Waals surface area contributed by atoms with E-state index < -0.39 is 10.0 Å². The van der Waals surface area contributed by atoms with Gasteiger partial charge in [-0.25, -0.2) is 18.1 Å². The summed E-state index contributed by atoms with van der Waals surface area (Å²) in [7, 11) is -3.26. The molecule has 4 N–H and O–H groups in total. The number of rotatable bonds is 8. The van der Waals surface area contributed by atoms with Crippen molar-refractivity contribution in [3.8, 4) is 0 Å². The molecule has 1 aromatic heterocycles. The van der Waals surface area contributed by atoms with Crippen molar-refractivity contribution in [3.63, 3.8) is 0 Å². The number of nitrogen functional groups attached to an aromatic ring is 1. The first-order valence-electron chi connectivity index (χ1n) is 10.1. The summed E-state index contributed by atoms with van der Waals surface area (Å²) in [6, 6.07) is 4.95. The van der Waals surface area contributed by atoms with E-state index in [9.17, 15) is 13.2 Å². The highest BCUT2D eigenvalue weighted by atomic mass is 35.5. The Balaban J connectivity index is 1.61. The minimum atomic E-state index is -3.26. The number of hydrogen-bond donors (Lipinski definition) is 3. The third kappa shape index (κ3) is 6.32. The molecule has 1 aromatic carbocycles. The van der Waals surface area contributed by atoms with E-state index in [1.54, 1.807) is 18.2 Å². The SMILES string of the molecule is CC(C)CS(=O)(=O)NC1CCC(Nc2nc(N)c(C(=O)c3c(Cl)cccc3Cl)s2)CC1. The number of carbonyl (C=O) groups excluding carboxylic acids is 1. The molecule has 1 saturated carbocycles. The van der Waals surface area contributed by atoms with Crippen LogP contribution in [-0.2, 0) is 10.0 Å². The summed E-state index contributed by atoms with van der Waals surface area (Å²) in [5.41, 5.74) is 6.20. The number of carbonyl (C=O) groups is 1. The lowest BCUT2D eigenvalue weighted by Gasteiger charge is -2.29. The molecule has 0 spiro atoms. The predicted octanol–water partition coefficient (Wildman–Crippen LogP) is 4.56. The molecule has 7 nitrogen and oxygen atoms in total. The minimum absolute atomic E-state index is 0.0531. The fourth-order valence-electron chi connectivity index (χ4n) is 3.66. The van der Waals surface area contributed by atoms with E-state index in [0.29, 0.717) is 5.13 Å². The van der Waals surface area contributed by atoms with Gasteiger partial charge in [0.15, 0.2) is 5.13 Å². The summed E-state index contributed by atoms with van der Waals surface area (Å²) in [5.74, 6) is -0.00974. The van der Waals surface area contributed by atoms with Crippen LogP contribution in [0.5, 0.6) is 0 Å². The van der Waals surface area contributed by atoms with Crippen LogP contribution in [0.1, 0.15) is 54.8 Å². The van der Waals surface area contributed by atoms with E-state index in [1.807, 2.05) is 13.8 Å². The molecule has 1 heterocycles. The highest BCUT2D eigenvalue weighted by Gasteiger charge is 2.27. The molecule has 3 rings (SSSR count). The van der Waals surface area contributed by atoms with Gasteiger partial charge in [0.25, 0.3) is 0 Å². The number of anilines is 2. The fraction of sp³-hybridized carbons (Fsp3) is 0.500. The zero-order chi connectivity index (χ0) is 22.8. The number of thiazole rings is 1. The van der Waals surface area contributed by atoms with Crippen molar-refractivity contribution in [3.05, 3.63) is 38.7 Å². The topological polar surface area (TPSA) is 114 Å². The summed E-state index contributed by atoms with van der Waals surface area (Å²) in [5, 5.41) is 4.40. The van der Waals surface area contributed by atoms with E-state index in [4.69, 9.17) is 28.9 Å². The van der Waals surface area contributed by atoms with Crippen LogP contribution >= 0.6 is 34.5 Å². The van der Waals surface area contributed by atoms with E-state index in [1.165, 1.54) is 11.3 Å². The van der Waals surface area contributed by atoms with Crippen LogP contribution < -0.4 is 15.8 Å². The van der Waals surface area contributed by atoms with Crippen LogP contribution in [0.25, 0.3) is 0 Å². The highest BCUT2D eigenvalue weighted by molar-refractivity contribution is 7.89. The number of ketones is 1. The molecular formula is C20H26Cl2N4O3S2. The highest BCUT2D eigenvalue weighted by Crippen LogP contribution is 2.34. The largest absolute Gasteiger partial charge is 0.382 e. The predicted molar refractivity (Wildman–Crippen MR) is 128 cm³/mol. The van der Waals surface area contributed by atoms with Crippen molar-refractivity contribution in [2.75, 3.05) is 16.8 Å². The number of nitrogens with one attached hydrogen (secondary N) is 2. The van der Waals surface area contributed by atoms with E-state index in [-0.39, 0.29) is 55.8 Å². The molecule has 1 aliphatic rings. The van der Waals surface area contributed by atoms with Gasteiger partial charge in [0.2, 0.25) is 15.8 Å². The normalized spacial score (nSPS) is 19.5. The van der Waals surface area contributed by atoms with Gasteiger partial charge >= 0.3 is 0 Å². The van der Waals surface area contributed by atoms with Crippen molar-refractivity contribution in [2.24, 2.45) is 5.92 Å². The van der Waals surface area contributed by atoms with Crippen molar-refractivity contribution in [2.45, 2.75) is 51.6 Å². The average Bonchev–Trinajstić information content (AvgIpc) is 3.02. The molecule has 2 aromatic rings. The van der Waals surface area contributed by atoms with Crippen LogP contribution in [-0.4, -0.2) is 37.0 Å². The fourth-order valence-corrected chi connectivity index (χ4v) is 6.85. The summed E-state index contributed by atoms with van der Waals surface area (Å²) in [4.78, 5) is 17.5. The molecule has 170 valence electrons. The molecule has 1 fully saturated rings. The second-order valence-corrected chi connectivity index (χ2v) is 11.8. The number of halogens is 2. The molecular weight excluding hydrogens is 479 g/mol. The van der Waals surface area contributed by atoms with Gasteiger partial charge in [-0.05, 0) is 43.7 Å². The second-order valence-electron chi connectivity index (χ2n) is 8.15. The van der Waals surface area contributed by atoms with E-state index >= 15 is 0 Å². The van der Waals surface area contributed by atoms with Crippen molar-refractivity contribution in [1.29, 1.82) is 0 Å². The summed E-state index contributed by atoms with van der Waals surface area (Å²) in [6.07, 6.45) is 3.04. The second kappa shape index (κ2) is 10.0. The molecule has 0 aliphatic heterocycles. The first kappa shape index (κ1) is 24.3. The zero-order valence-corrected chi connectivity index (χ0v) is 20.5. The molecule has 0 unspecified atom stereocenters. The van der Waals surface area contributed by atoms with Crippen molar-refractivity contribution >= 4 is 61.3 Å². The first-order valence-corrected chi connectivity index (χ1v) is 13.3. The Hall–Kier alpha value is -1.39. The van der Waals surface area contributed by atoms with Gasteiger partial charge in [-0.3, -0.25) is 4.79 Å². The number of benzene rings is 1. The van der Waals surface area contributed by atoms with E-state index in [0.717, 1.165) is 25.7 Å². The molecule has 1 aliphatic carbocycles. The van der Waals surface area contributed by atoms with Crippen molar-refractivity contribution in [1.82, 2.24) is 9.71 Å². The van der Waals surface area contributed by atoms with Crippen LogP contribution in [0, 0.1) is 5.92 Å². The number of nitrogens with two attached hydrogens (primary N) is 1. The summed E-state index contributed by atoms with van der Waals surface area (Å²) >= 11 is 13.5. The molecule has 0 bridgehead atoms. The van der Waals surface area contributed by atoms with Gasteiger partial charge < -0.3 is 11.1 Å². The van der Waals surface area contributed by atoms with Gasteiger partial charge in [-0.1, -0.05) is 54.5 Å². The molecule has 11 heteroatoms. The minimum Gasteiger partial charge on any atom is -0.382 e. The lowest BCUT2D eigenvalue weighted by Crippen LogP contribution is -2.41. The number of aromatic nitrogens is 1. The maximum Gasteiger partial charge on any atom is 0.212 e. The number of hydrogen-bond acceptors (Lipinski definition) is 7. The summed E-state index contributed by atoms with van der Waals surface area (Å²) < 4.78 is 27.1. The standard InChI is InChI=1S/C20H26Cl2N4O3S2/c1-11(2)10-31(28,29)26-13-8-6-12(7-9-13)24-20-25-19(23)18(30-20)17(27)16-14(21)4-3-5-15(16)22/h3-5,11-13,26H,6-10,23H2,1-2H3,(H,24,25). The Kier molecular flexibility index (Phi) is 7.86. The third-order valence-corrected chi connectivity index (χ3v) is 8.43. The average molecular weight is 505 g/mol. The maximum atomic E-state index is 12.9. The first-order chi connectivity index (χ1) is 14.6. The van der Waals surface area contributed by atoms with E-state index in [2.05, 4.69) is 15.0 Å². The third-order valence-electron chi connectivity index (χ3n) is 5.00. The van der Waals surface area contributed by atoms with Gasteiger partial charge in [-0.15, -0.1) is 0 Å². The number of sulfonamides is 1. The molecule has 0 saturated heterocycles. The van der Waals surface area contributed by atoms with Crippen LogP contribution in [0.2, 0.25) is 10.0 Å². The quantitative estimate of drug-likeness (QED) is 0.453. The van der Waals surface area contributed by atoms with Gasteiger partial charge in [0.1, 0.15) is 10.7 Å². The van der Waals surface area contributed by atoms with Gasteiger partial charge in [0, 0.05) is 12.1 Å². The molecule has 0 atom stereocenters. The monoisotopic (exact) mass is 504 g/mol. The Bertz CT molecular complexity index is 1030. The molecule has 0 radical (unpaired) electrons.